The minimum Gasteiger partial charge on any atom is -0.488 e. The van der Waals surface area contributed by atoms with Gasteiger partial charge in [0.1, 0.15) is 17.6 Å². The van der Waals surface area contributed by atoms with E-state index in [0.717, 1.165) is 6.07 Å². The molecular formula is C20H13Cl2F3N4O3S. The zero-order valence-corrected chi connectivity index (χ0v) is 18.7. The Labute approximate surface area is 198 Å². The van der Waals surface area contributed by atoms with Crippen molar-refractivity contribution in [1.29, 1.82) is 0 Å². The SMILES string of the molecule is O=C(c1ncc(Cl)cc1NS(=O)c1ccc(Cl)c(C(F)(F)F)c1)N1CCOc2cccnc21. The lowest BCUT2D eigenvalue weighted by Crippen LogP contribution is -2.39. The molecule has 33 heavy (non-hydrogen) atoms. The number of anilines is 2. The number of benzene rings is 1. The summed E-state index contributed by atoms with van der Waals surface area (Å²) in [6, 6.07) is 7.47. The topological polar surface area (TPSA) is 84.4 Å². The number of carbonyl (C=O) groups is 1. The molecule has 3 heterocycles. The molecule has 1 aliphatic rings. The van der Waals surface area contributed by atoms with Crippen LogP contribution < -0.4 is 14.4 Å². The van der Waals surface area contributed by atoms with Gasteiger partial charge < -0.3 is 4.74 Å². The first-order valence-electron chi connectivity index (χ1n) is 9.25. The van der Waals surface area contributed by atoms with Gasteiger partial charge in [-0.25, -0.2) is 14.2 Å². The van der Waals surface area contributed by atoms with Gasteiger partial charge in [0, 0.05) is 12.4 Å². The third-order valence-corrected chi connectivity index (χ3v) is 6.16. The number of carbonyl (C=O) groups excluding carboxylic acids is 1. The Kier molecular flexibility index (Phi) is 6.46. The molecule has 0 fully saturated rings. The van der Waals surface area contributed by atoms with Gasteiger partial charge in [-0.3, -0.25) is 14.4 Å². The lowest BCUT2D eigenvalue weighted by Gasteiger charge is -2.28. The van der Waals surface area contributed by atoms with Crippen LogP contribution in [0.25, 0.3) is 0 Å². The van der Waals surface area contributed by atoms with Crippen molar-refractivity contribution in [2.45, 2.75) is 11.1 Å². The highest BCUT2D eigenvalue weighted by molar-refractivity contribution is 7.86. The molecule has 0 saturated heterocycles. The van der Waals surface area contributed by atoms with Gasteiger partial charge in [-0.15, -0.1) is 0 Å². The van der Waals surface area contributed by atoms with Crippen LogP contribution >= 0.6 is 23.2 Å². The summed E-state index contributed by atoms with van der Waals surface area (Å²) in [5, 5.41) is -0.402. The van der Waals surface area contributed by atoms with Crippen LogP contribution in [0.4, 0.5) is 24.7 Å². The van der Waals surface area contributed by atoms with E-state index in [-0.39, 0.29) is 40.3 Å². The Bertz CT molecular complexity index is 1260. The number of ether oxygens (including phenoxy) is 1. The summed E-state index contributed by atoms with van der Waals surface area (Å²) in [6.07, 6.45) is -2.00. The normalized spacial score (nSPS) is 14.3. The monoisotopic (exact) mass is 516 g/mol. The van der Waals surface area contributed by atoms with Crippen molar-refractivity contribution in [2.75, 3.05) is 22.8 Å². The predicted octanol–water partition coefficient (Wildman–Crippen LogP) is 4.98. The van der Waals surface area contributed by atoms with E-state index in [1.54, 1.807) is 12.1 Å². The third-order valence-electron chi connectivity index (χ3n) is 4.54. The number of rotatable bonds is 4. The molecule has 1 aliphatic heterocycles. The number of halogens is 5. The molecule has 13 heteroatoms. The van der Waals surface area contributed by atoms with E-state index in [4.69, 9.17) is 27.9 Å². The molecule has 4 rings (SSSR count). The summed E-state index contributed by atoms with van der Waals surface area (Å²) in [5.41, 5.74) is -1.30. The molecule has 7 nitrogen and oxygen atoms in total. The van der Waals surface area contributed by atoms with Crippen LogP contribution in [0.1, 0.15) is 16.1 Å². The maximum absolute atomic E-state index is 13.3. The van der Waals surface area contributed by atoms with Gasteiger partial charge in [-0.1, -0.05) is 23.2 Å². The zero-order valence-electron chi connectivity index (χ0n) is 16.4. The molecule has 3 aromatic rings. The van der Waals surface area contributed by atoms with Crippen molar-refractivity contribution < 1.29 is 26.9 Å². The number of hydrogen-bond donors (Lipinski definition) is 1. The highest BCUT2D eigenvalue weighted by atomic mass is 35.5. The fraction of sp³-hybridized carbons (Fsp3) is 0.150. The maximum atomic E-state index is 13.3. The summed E-state index contributed by atoms with van der Waals surface area (Å²) in [4.78, 5) is 22.6. The Morgan fingerprint density at radius 2 is 1.97 bits per heavy atom. The van der Waals surface area contributed by atoms with Crippen LogP contribution in [-0.4, -0.2) is 33.2 Å². The predicted molar refractivity (Wildman–Crippen MR) is 117 cm³/mol. The van der Waals surface area contributed by atoms with Gasteiger partial charge in [-0.2, -0.15) is 13.2 Å². The lowest BCUT2D eigenvalue weighted by molar-refractivity contribution is -0.137. The van der Waals surface area contributed by atoms with Crippen molar-refractivity contribution >= 4 is 51.6 Å². The minimum absolute atomic E-state index is 0.0293. The van der Waals surface area contributed by atoms with E-state index in [2.05, 4.69) is 14.7 Å². The van der Waals surface area contributed by atoms with Gasteiger partial charge in [0.15, 0.2) is 17.3 Å². The second kappa shape index (κ2) is 9.16. The Balaban J connectivity index is 1.66. The van der Waals surface area contributed by atoms with Crippen molar-refractivity contribution in [1.82, 2.24) is 9.97 Å². The number of pyridine rings is 2. The standard InChI is InChI=1S/C20H13Cl2F3N4O3S/c21-11-8-15(28-33(31)12-3-4-14(22)13(9-12)20(23,24)25)17(27-10-11)19(30)29-6-7-32-16-2-1-5-26-18(16)29/h1-5,8-10,28H,6-7H2. The van der Waals surface area contributed by atoms with Crippen molar-refractivity contribution in [3.05, 3.63) is 70.1 Å². The zero-order chi connectivity index (χ0) is 23.8. The molecule has 1 atom stereocenters. The molecule has 0 saturated carbocycles. The molecule has 0 aliphatic carbocycles. The number of nitrogens with one attached hydrogen (secondary N) is 1. The van der Waals surface area contributed by atoms with Crippen LogP contribution in [0.2, 0.25) is 10.0 Å². The molecule has 1 amide bonds. The fourth-order valence-corrected chi connectivity index (χ4v) is 4.33. The number of hydrogen-bond acceptors (Lipinski definition) is 5. The first kappa shape index (κ1) is 23.3. The summed E-state index contributed by atoms with van der Waals surface area (Å²) < 4.78 is 60.4. The second-order valence-electron chi connectivity index (χ2n) is 6.69. The van der Waals surface area contributed by atoms with E-state index in [0.29, 0.717) is 11.8 Å². The Morgan fingerprint density at radius 1 is 1.18 bits per heavy atom. The van der Waals surface area contributed by atoms with E-state index < -0.39 is 33.7 Å². The molecule has 0 spiro atoms. The molecule has 0 bridgehead atoms. The summed E-state index contributed by atoms with van der Waals surface area (Å²) in [5.74, 6) is 0.108. The van der Waals surface area contributed by atoms with E-state index in [1.165, 1.54) is 29.4 Å². The minimum atomic E-state index is -4.73. The largest absolute Gasteiger partial charge is 0.488 e. The summed E-state index contributed by atoms with van der Waals surface area (Å²) in [7, 11) is -2.19. The highest BCUT2D eigenvalue weighted by Crippen LogP contribution is 2.36. The maximum Gasteiger partial charge on any atom is 0.417 e. The van der Waals surface area contributed by atoms with Gasteiger partial charge in [0.25, 0.3) is 5.91 Å². The van der Waals surface area contributed by atoms with Crippen LogP contribution in [0, 0.1) is 0 Å². The number of nitrogens with zero attached hydrogens (tertiary/aromatic N) is 3. The van der Waals surface area contributed by atoms with Gasteiger partial charge in [0.05, 0.1) is 32.7 Å². The lowest BCUT2D eigenvalue weighted by atomic mass is 10.2. The average Bonchev–Trinajstić information content (AvgIpc) is 2.78. The summed E-state index contributed by atoms with van der Waals surface area (Å²) in [6.45, 7) is 0.402. The molecule has 1 aromatic carbocycles. The molecule has 0 radical (unpaired) electrons. The average molecular weight is 517 g/mol. The number of alkyl halides is 3. The number of fused-ring (bicyclic) bond motifs is 1. The van der Waals surface area contributed by atoms with Crippen LogP contribution in [-0.2, 0) is 17.2 Å². The van der Waals surface area contributed by atoms with Gasteiger partial charge in [0.2, 0.25) is 0 Å². The van der Waals surface area contributed by atoms with E-state index >= 15 is 0 Å². The van der Waals surface area contributed by atoms with Gasteiger partial charge >= 0.3 is 6.18 Å². The first-order valence-corrected chi connectivity index (χ1v) is 11.2. The second-order valence-corrected chi connectivity index (χ2v) is 8.75. The third kappa shape index (κ3) is 4.90. The van der Waals surface area contributed by atoms with Crippen LogP contribution in [0.5, 0.6) is 5.75 Å². The van der Waals surface area contributed by atoms with Gasteiger partial charge in [-0.05, 0) is 36.4 Å². The molecule has 172 valence electrons. The van der Waals surface area contributed by atoms with Crippen LogP contribution in [0.15, 0.2) is 53.7 Å². The quantitative estimate of drug-likeness (QED) is 0.528. The molecule has 1 unspecified atom stereocenters. The van der Waals surface area contributed by atoms with Crippen molar-refractivity contribution in [3.63, 3.8) is 0 Å². The Hall–Kier alpha value is -2.89. The highest BCUT2D eigenvalue weighted by Gasteiger charge is 2.34. The van der Waals surface area contributed by atoms with Crippen molar-refractivity contribution in [2.24, 2.45) is 0 Å². The van der Waals surface area contributed by atoms with E-state index in [9.17, 15) is 22.2 Å². The van der Waals surface area contributed by atoms with Crippen LogP contribution in [0.3, 0.4) is 0 Å². The number of amides is 1. The first-order chi connectivity index (χ1) is 15.6. The number of aromatic nitrogens is 2. The fourth-order valence-electron chi connectivity index (χ4n) is 3.06. The van der Waals surface area contributed by atoms with E-state index in [1.807, 2.05) is 0 Å². The molecule has 2 aromatic heterocycles. The molecular weight excluding hydrogens is 504 g/mol. The molecule has 1 N–H and O–H groups in total. The smallest absolute Gasteiger partial charge is 0.417 e. The summed E-state index contributed by atoms with van der Waals surface area (Å²) >= 11 is 11.6. The Morgan fingerprint density at radius 3 is 2.73 bits per heavy atom. The van der Waals surface area contributed by atoms with Crippen molar-refractivity contribution in [3.8, 4) is 5.75 Å².